The van der Waals surface area contributed by atoms with Gasteiger partial charge in [-0.25, -0.2) is 0 Å². The van der Waals surface area contributed by atoms with Crippen molar-refractivity contribution in [3.8, 4) is 0 Å². The van der Waals surface area contributed by atoms with Crippen molar-refractivity contribution in [3.63, 3.8) is 0 Å². The molecule has 1 saturated heterocycles. The number of hydrogen-bond donors (Lipinski definition) is 1. The van der Waals surface area contributed by atoms with Crippen LogP contribution in [0.5, 0.6) is 0 Å². The molecule has 0 spiro atoms. The highest BCUT2D eigenvalue weighted by Gasteiger charge is 2.22. The fourth-order valence-corrected chi connectivity index (χ4v) is 2.65. The van der Waals surface area contributed by atoms with E-state index in [4.69, 9.17) is 0 Å². The zero-order valence-electron chi connectivity index (χ0n) is 11.3. The number of halogens is 2. The summed E-state index contributed by atoms with van der Waals surface area (Å²) in [6, 6.07) is 6.65. The minimum atomic E-state index is 0. The Morgan fingerprint density at radius 1 is 1.17 bits per heavy atom. The molecule has 0 unspecified atom stereocenters. The Labute approximate surface area is 125 Å². The monoisotopic (exact) mass is 332 g/mol. The van der Waals surface area contributed by atoms with Gasteiger partial charge in [0.05, 0.1) is 0 Å². The maximum atomic E-state index is 3.58. The van der Waals surface area contributed by atoms with Gasteiger partial charge in [-0.15, -0.1) is 12.4 Å². The molecule has 2 nitrogen and oxygen atoms in total. The molecule has 0 aromatic heterocycles. The third-order valence-corrected chi connectivity index (χ3v) is 3.72. The lowest BCUT2D eigenvalue weighted by molar-refractivity contribution is 0.563. The normalized spacial score (nSPS) is 16.3. The van der Waals surface area contributed by atoms with Crippen molar-refractivity contribution in [2.45, 2.75) is 26.2 Å². The molecule has 1 aliphatic heterocycles. The molecule has 0 saturated carbocycles. The van der Waals surface area contributed by atoms with Gasteiger partial charge in [-0.1, -0.05) is 36.7 Å². The lowest BCUT2D eigenvalue weighted by Gasteiger charge is -2.34. The molecular formula is C14H22BrClN2. The van der Waals surface area contributed by atoms with Crippen molar-refractivity contribution in [2.75, 3.05) is 31.1 Å². The highest BCUT2D eigenvalue weighted by atomic mass is 79.9. The SMILES string of the molecule is CC(C)(C)c1cc(Br)ccc1N1CCNCC1.Cl. The summed E-state index contributed by atoms with van der Waals surface area (Å²) < 4.78 is 1.17. The molecule has 0 aliphatic carbocycles. The molecular weight excluding hydrogens is 312 g/mol. The van der Waals surface area contributed by atoms with Gasteiger partial charge in [-0.3, -0.25) is 0 Å². The maximum Gasteiger partial charge on any atom is 0.0405 e. The Kier molecular flexibility index (Phi) is 5.50. The first-order valence-corrected chi connectivity index (χ1v) is 7.03. The van der Waals surface area contributed by atoms with E-state index in [0.29, 0.717) is 0 Å². The van der Waals surface area contributed by atoms with Gasteiger partial charge in [0.2, 0.25) is 0 Å². The quantitative estimate of drug-likeness (QED) is 0.845. The lowest BCUT2D eigenvalue weighted by atomic mass is 9.85. The van der Waals surface area contributed by atoms with Crippen molar-refractivity contribution in [3.05, 3.63) is 28.2 Å². The maximum absolute atomic E-state index is 3.58. The van der Waals surface area contributed by atoms with Crippen LogP contribution in [0.2, 0.25) is 0 Å². The second-order valence-electron chi connectivity index (χ2n) is 5.65. The van der Waals surface area contributed by atoms with Crippen LogP contribution in [0.25, 0.3) is 0 Å². The molecule has 1 aromatic rings. The minimum absolute atomic E-state index is 0. The van der Waals surface area contributed by atoms with E-state index < -0.39 is 0 Å². The average molecular weight is 334 g/mol. The van der Waals surface area contributed by atoms with Crippen LogP contribution < -0.4 is 10.2 Å². The molecule has 1 aromatic carbocycles. The highest BCUT2D eigenvalue weighted by Crippen LogP contribution is 2.34. The van der Waals surface area contributed by atoms with Crippen LogP contribution in [0.4, 0.5) is 5.69 Å². The van der Waals surface area contributed by atoms with E-state index in [1.807, 2.05) is 0 Å². The van der Waals surface area contributed by atoms with Gasteiger partial charge < -0.3 is 10.2 Å². The summed E-state index contributed by atoms with van der Waals surface area (Å²) in [7, 11) is 0. The first kappa shape index (κ1) is 15.8. The predicted molar refractivity (Wildman–Crippen MR) is 85.2 cm³/mol. The summed E-state index contributed by atoms with van der Waals surface area (Å²) >= 11 is 3.58. The van der Waals surface area contributed by atoms with E-state index in [0.717, 1.165) is 26.2 Å². The topological polar surface area (TPSA) is 15.3 Å². The fraction of sp³-hybridized carbons (Fsp3) is 0.571. The van der Waals surface area contributed by atoms with Crippen LogP contribution in [-0.2, 0) is 5.41 Å². The Bertz CT molecular complexity index is 395. The van der Waals surface area contributed by atoms with Crippen molar-refractivity contribution >= 4 is 34.0 Å². The fourth-order valence-electron chi connectivity index (χ4n) is 2.29. The van der Waals surface area contributed by atoms with E-state index >= 15 is 0 Å². The molecule has 1 heterocycles. The molecule has 4 heteroatoms. The molecule has 0 bridgehead atoms. The summed E-state index contributed by atoms with van der Waals surface area (Å²) in [5, 5.41) is 3.40. The first-order valence-electron chi connectivity index (χ1n) is 6.24. The van der Waals surface area contributed by atoms with Gasteiger partial charge in [-0.2, -0.15) is 0 Å². The second kappa shape index (κ2) is 6.27. The molecule has 1 aliphatic rings. The van der Waals surface area contributed by atoms with E-state index in [2.05, 4.69) is 65.1 Å². The largest absolute Gasteiger partial charge is 0.369 e. The van der Waals surface area contributed by atoms with Crippen LogP contribution in [0.15, 0.2) is 22.7 Å². The molecule has 1 N–H and O–H groups in total. The summed E-state index contributed by atoms with van der Waals surface area (Å²) in [6.07, 6.45) is 0. The van der Waals surface area contributed by atoms with Gasteiger partial charge in [0.25, 0.3) is 0 Å². The zero-order chi connectivity index (χ0) is 12.5. The Morgan fingerprint density at radius 2 is 1.78 bits per heavy atom. The van der Waals surface area contributed by atoms with Crippen molar-refractivity contribution in [2.24, 2.45) is 0 Å². The van der Waals surface area contributed by atoms with Crippen molar-refractivity contribution in [1.82, 2.24) is 5.32 Å². The number of hydrogen-bond acceptors (Lipinski definition) is 2. The summed E-state index contributed by atoms with van der Waals surface area (Å²) in [4.78, 5) is 2.49. The summed E-state index contributed by atoms with van der Waals surface area (Å²) in [5.74, 6) is 0. The molecule has 0 radical (unpaired) electrons. The number of nitrogens with one attached hydrogen (secondary N) is 1. The number of benzene rings is 1. The van der Waals surface area contributed by atoms with Gasteiger partial charge in [-0.05, 0) is 29.2 Å². The first-order chi connectivity index (χ1) is 7.98. The van der Waals surface area contributed by atoms with Gasteiger partial charge >= 0.3 is 0 Å². The third kappa shape index (κ3) is 3.62. The molecule has 2 rings (SSSR count). The van der Waals surface area contributed by atoms with Gasteiger partial charge in [0, 0.05) is 36.3 Å². The van der Waals surface area contributed by atoms with Crippen molar-refractivity contribution in [1.29, 1.82) is 0 Å². The lowest BCUT2D eigenvalue weighted by Crippen LogP contribution is -2.44. The van der Waals surface area contributed by atoms with Gasteiger partial charge in [0.1, 0.15) is 0 Å². The Balaban J connectivity index is 0.00000162. The summed E-state index contributed by atoms with van der Waals surface area (Å²) in [6.45, 7) is 11.2. The van der Waals surface area contributed by atoms with E-state index in [1.165, 1.54) is 15.7 Å². The Hall–Kier alpha value is -0.250. The minimum Gasteiger partial charge on any atom is -0.369 e. The van der Waals surface area contributed by atoms with E-state index in [9.17, 15) is 0 Å². The van der Waals surface area contributed by atoms with Crippen molar-refractivity contribution < 1.29 is 0 Å². The standard InChI is InChI=1S/C14H21BrN2.ClH/c1-14(2,3)12-10-11(15)4-5-13(12)17-8-6-16-7-9-17;/h4-5,10,16H,6-9H2,1-3H3;1H. The number of nitrogens with zero attached hydrogens (tertiary/aromatic N) is 1. The van der Waals surface area contributed by atoms with E-state index in [1.54, 1.807) is 0 Å². The van der Waals surface area contributed by atoms with Crippen LogP contribution in [0, 0.1) is 0 Å². The summed E-state index contributed by atoms with van der Waals surface area (Å²) in [5.41, 5.74) is 3.00. The van der Waals surface area contributed by atoms with Crippen LogP contribution in [0.1, 0.15) is 26.3 Å². The molecule has 1 fully saturated rings. The predicted octanol–water partition coefficient (Wildman–Crippen LogP) is 3.58. The second-order valence-corrected chi connectivity index (χ2v) is 6.56. The van der Waals surface area contributed by atoms with Crippen LogP contribution in [-0.4, -0.2) is 26.2 Å². The van der Waals surface area contributed by atoms with Crippen LogP contribution >= 0.6 is 28.3 Å². The average Bonchev–Trinajstić information content (AvgIpc) is 2.29. The van der Waals surface area contributed by atoms with E-state index in [-0.39, 0.29) is 17.8 Å². The molecule has 0 atom stereocenters. The molecule has 0 amide bonds. The smallest absolute Gasteiger partial charge is 0.0405 e. The molecule has 102 valence electrons. The number of rotatable bonds is 1. The molecule has 18 heavy (non-hydrogen) atoms. The Morgan fingerprint density at radius 3 is 2.33 bits per heavy atom. The van der Waals surface area contributed by atoms with Crippen LogP contribution in [0.3, 0.4) is 0 Å². The number of piperazine rings is 1. The third-order valence-electron chi connectivity index (χ3n) is 3.22. The van der Waals surface area contributed by atoms with Gasteiger partial charge in [0.15, 0.2) is 0 Å². The number of anilines is 1. The highest BCUT2D eigenvalue weighted by molar-refractivity contribution is 9.10. The zero-order valence-corrected chi connectivity index (χ0v) is 13.7.